The second-order valence-electron chi connectivity index (χ2n) is 4.82. The lowest BCUT2D eigenvalue weighted by Gasteiger charge is -2.20. The standard InChI is InChI=1S/C15H17NO3/c1-18-12-7-9-8-16-11-6-4-3-5-10(11)13(9)15(19-2)14(12)17/h7-8,17H,3-6H2,1-2H3. The average molecular weight is 259 g/mol. The van der Waals surface area contributed by atoms with Crippen LogP contribution in [-0.2, 0) is 12.8 Å². The molecule has 1 N–H and O–H groups in total. The number of methoxy groups -OCH3 is 2. The maximum atomic E-state index is 10.2. The molecule has 1 aliphatic carbocycles. The number of pyridine rings is 1. The summed E-state index contributed by atoms with van der Waals surface area (Å²) in [5.74, 6) is 0.980. The van der Waals surface area contributed by atoms with Crippen molar-refractivity contribution in [1.82, 2.24) is 4.98 Å². The number of hydrogen-bond acceptors (Lipinski definition) is 4. The largest absolute Gasteiger partial charge is 0.502 e. The lowest BCUT2D eigenvalue weighted by atomic mass is 9.91. The fourth-order valence-corrected chi connectivity index (χ4v) is 2.86. The molecule has 0 bridgehead atoms. The molecule has 0 radical (unpaired) electrons. The van der Waals surface area contributed by atoms with Gasteiger partial charge in [0.2, 0.25) is 5.75 Å². The van der Waals surface area contributed by atoms with E-state index in [-0.39, 0.29) is 5.75 Å². The zero-order valence-electron chi connectivity index (χ0n) is 11.2. The first-order valence-electron chi connectivity index (χ1n) is 6.50. The van der Waals surface area contributed by atoms with Crippen LogP contribution >= 0.6 is 0 Å². The molecular formula is C15H17NO3. The molecule has 100 valence electrons. The summed E-state index contributed by atoms with van der Waals surface area (Å²) >= 11 is 0. The molecule has 3 rings (SSSR count). The number of rotatable bonds is 2. The second-order valence-corrected chi connectivity index (χ2v) is 4.82. The quantitative estimate of drug-likeness (QED) is 0.901. The smallest absolute Gasteiger partial charge is 0.201 e. The monoisotopic (exact) mass is 259 g/mol. The molecule has 1 aromatic heterocycles. The summed E-state index contributed by atoms with van der Waals surface area (Å²) in [5.41, 5.74) is 2.33. The first kappa shape index (κ1) is 12.1. The van der Waals surface area contributed by atoms with Gasteiger partial charge < -0.3 is 14.6 Å². The number of ether oxygens (including phenoxy) is 2. The minimum Gasteiger partial charge on any atom is -0.502 e. The fraction of sp³-hybridized carbons (Fsp3) is 0.400. The Kier molecular flexibility index (Phi) is 2.93. The summed E-state index contributed by atoms with van der Waals surface area (Å²) < 4.78 is 10.6. The summed E-state index contributed by atoms with van der Waals surface area (Å²) in [6, 6.07) is 1.81. The van der Waals surface area contributed by atoms with E-state index in [1.165, 1.54) is 19.1 Å². The predicted molar refractivity (Wildman–Crippen MR) is 73.2 cm³/mol. The Bertz CT molecular complexity index is 637. The van der Waals surface area contributed by atoms with Crippen LogP contribution in [0.2, 0.25) is 0 Å². The van der Waals surface area contributed by atoms with Crippen LogP contribution in [0.1, 0.15) is 24.1 Å². The molecule has 2 aromatic rings. The van der Waals surface area contributed by atoms with Gasteiger partial charge in [0.15, 0.2) is 11.5 Å². The van der Waals surface area contributed by atoms with Gasteiger partial charge in [0.25, 0.3) is 0 Å². The Morgan fingerprint density at radius 2 is 1.95 bits per heavy atom. The van der Waals surface area contributed by atoms with Gasteiger partial charge in [0.05, 0.1) is 14.2 Å². The molecule has 1 heterocycles. The Labute approximate surface area is 112 Å². The number of benzene rings is 1. The second kappa shape index (κ2) is 4.61. The molecule has 4 nitrogen and oxygen atoms in total. The van der Waals surface area contributed by atoms with Crippen LogP contribution < -0.4 is 9.47 Å². The van der Waals surface area contributed by atoms with Gasteiger partial charge in [-0.25, -0.2) is 0 Å². The van der Waals surface area contributed by atoms with E-state index in [0.717, 1.165) is 35.7 Å². The lowest BCUT2D eigenvalue weighted by Crippen LogP contribution is -2.06. The molecule has 19 heavy (non-hydrogen) atoms. The molecule has 1 aromatic carbocycles. The van der Waals surface area contributed by atoms with E-state index >= 15 is 0 Å². The SMILES string of the molecule is COc1cc2cnc3c(c2c(OC)c1O)CCCC3. The predicted octanol–water partition coefficient (Wildman–Crippen LogP) is 2.84. The third-order valence-corrected chi connectivity index (χ3v) is 3.77. The third-order valence-electron chi connectivity index (χ3n) is 3.77. The van der Waals surface area contributed by atoms with Crippen molar-refractivity contribution in [1.29, 1.82) is 0 Å². The van der Waals surface area contributed by atoms with Crippen molar-refractivity contribution in [2.45, 2.75) is 25.7 Å². The molecule has 0 atom stereocenters. The topological polar surface area (TPSA) is 51.6 Å². The minimum atomic E-state index is 0.0662. The maximum Gasteiger partial charge on any atom is 0.201 e. The van der Waals surface area contributed by atoms with E-state index in [4.69, 9.17) is 9.47 Å². The first-order valence-corrected chi connectivity index (χ1v) is 6.50. The zero-order valence-corrected chi connectivity index (χ0v) is 11.2. The van der Waals surface area contributed by atoms with Crippen molar-refractivity contribution in [2.24, 2.45) is 0 Å². The number of phenolic OH excluding ortho intramolecular Hbond substituents is 1. The number of phenols is 1. The molecule has 0 saturated carbocycles. The summed E-state index contributed by atoms with van der Waals surface area (Å²) in [7, 11) is 3.11. The Balaban J connectivity index is 2.38. The Hall–Kier alpha value is -1.97. The highest BCUT2D eigenvalue weighted by molar-refractivity contribution is 5.95. The molecule has 0 aliphatic heterocycles. The van der Waals surface area contributed by atoms with Gasteiger partial charge in [-0.05, 0) is 37.3 Å². The van der Waals surface area contributed by atoms with Crippen molar-refractivity contribution in [2.75, 3.05) is 14.2 Å². The molecule has 0 spiro atoms. The summed E-state index contributed by atoms with van der Waals surface area (Å²) in [6.07, 6.45) is 6.16. The number of aromatic nitrogens is 1. The van der Waals surface area contributed by atoms with Crippen molar-refractivity contribution < 1.29 is 14.6 Å². The van der Waals surface area contributed by atoms with Crippen LogP contribution in [0.4, 0.5) is 0 Å². The minimum absolute atomic E-state index is 0.0662. The maximum absolute atomic E-state index is 10.2. The van der Waals surface area contributed by atoms with Crippen molar-refractivity contribution in [3.63, 3.8) is 0 Å². The average Bonchev–Trinajstić information content (AvgIpc) is 2.46. The normalized spacial score (nSPS) is 14.2. The van der Waals surface area contributed by atoms with Gasteiger partial charge in [-0.15, -0.1) is 0 Å². The van der Waals surface area contributed by atoms with Gasteiger partial charge >= 0.3 is 0 Å². The van der Waals surface area contributed by atoms with E-state index in [9.17, 15) is 5.11 Å². The van der Waals surface area contributed by atoms with Crippen molar-refractivity contribution >= 4 is 10.8 Å². The molecule has 0 amide bonds. The third kappa shape index (κ3) is 1.79. The van der Waals surface area contributed by atoms with Crippen molar-refractivity contribution in [3.8, 4) is 17.2 Å². The highest BCUT2D eigenvalue weighted by Crippen LogP contribution is 2.45. The van der Waals surface area contributed by atoms with E-state index in [2.05, 4.69) is 4.98 Å². The Morgan fingerprint density at radius 1 is 1.16 bits per heavy atom. The van der Waals surface area contributed by atoms with Gasteiger partial charge in [-0.2, -0.15) is 0 Å². The highest BCUT2D eigenvalue weighted by Gasteiger charge is 2.21. The molecule has 4 heteroatoms. The van der Waals surface area contributed by atoms with Gasteiger partial charge in [-0.1, -0.05) is 0 Å². The van der Waals surface area contributed by atoms with Crippen molar-refractivity contribution in [3.05, 3.63) is 23.5 Å². The Morgan fingerprint density at radius 3 is 2.68 bits per heavy atom. The number of nitrogens with zero attached hydrogens (tertiary/aromatic N) is 1. The van der Waals surface area contributed by atoms with Gasteiger partial charge in [0.1, 0.15) is 0 Å². The molecule has 0 saturated heterocycles. The summed E-state index contributed by atoms with van der Waals surface area (Å²) in [4.78, 5) is 4.54. The summed E-state index contributed by atoms with van der Waals surface area (Å²) in [6.45, 7) is 0. The molecule has 1 aliphatic rings. The number of hydrogen-bond donors (Lipinski definition) is 1. The summed E-state index contributed by atoms with van der Waals surface area (Å²) in [5, 5.41) is 12.1. The first-order chi connectivity index (χ1) is 9.26. The highest BCUT2D eigenvalue weighted by atomic mass is 16.5. The fourth-order valence-electron chi connectivity index (χ4n) is 2.86. The molecule has 0 unspecified atom stereocenters. The van der Waals surface area contributed by atoms with Crippen LogP contribution in [0.3, 0.4) is 0 Å². The van der Waals surface area contributed by atoms with E-state index in [1.54, 1.807) is 7.11 Å². The van der Waals surface area contributed by atoms with Gasteiger partial charge in [0, 0.05) is 22.7 Å². The number of aryl methyl sites for hydroxylation is 2. The van der Waals surface area contributed by atoms with E-state index in [0.29, 0.717) is 11.5 Å². The molecule has 0 fully saturated rings. The van der Waals surface area contributed by atoms with Crippen LogP contribution in [-0.4, -0.2) is 24.3 Å². The van der Waals surface area contributed by atoms with Gasteiger partial charge in [-0.3, -0.25) is 4.98 Å². The number of fused-ring (bicyclic) bond motifs is 3. The van der Waals surface area contributed by atoms with Crippen LogP contribution in [0.25, 0.3) is 10.8 Å². The molecular weight excluding hydrogens is 242 g/mol. The van der Waals surface area contributed by atoms with Crippen LogP contribution in [0.15, 0.2) is 12.3 Å². The zero-order chi connectivity index (χ0) is 13.4. The van der Waals surface area contributed by atoms with Crippen LogP contribution in [0.5, 0.6) is 17.2 Å². The number of aromatic hydroxyl groups is 1. The van der Waals surface area contributed by atoms with Crippen LogP contribution in [0, 0.1) is 0 Å². The van der Waals surface area contributed by atoms with E-state index in [1.807, 2.05) is 12.3 Å². The van der Waals surface area contributed by atoms with E-state index < -0.39 is 0 Å². The lowest BCUT2D eigenvalue weighted by molar-refractivity contribution is 0.343.